The maximum Gasteiger partial charge on any atom is 0.405 e. The van der Waals surface area contributed by atoms with Crippen molar-refractivity contribution in [3.63, 3.8) is 0 Å². The minimum atomic E-state index is -4.50. The molecule has 0 aliphatic carbocycles. The molecule has 11 heteroatoms. The van der Waals surface area contributed by atoms with Crippen LogP contribution in [0.1, 0.15) is 33.8 Å². The first-order chi connectivity index (χ1) is 15.1. The first-order valence-electron chi connectivity index (χ1n) is 9.99. The Kier molecular flexibility index (Phi) is 6.17. The van der Waals surface area contributed by atoms with E-state index >= 15 is 0 Å². The van der Waals surface area contributed by atoms with Crippen LogP contribution in [0.3, 0.4) is 0 Å². The number of thiophene rings is 1. The summed E-state index contributed by atoms with van der Waals surface area (Å²) in [7, 11) is 0. The summed E-state index contributed by atoms with van der Waals surface area (Å²) in [6.07, 6.45) is -3.60. The van der Waals surface area contributed by atoms with Gasteiger partial charge >= 0.3 is 6.18 Å². The number of alkyl halides is 3. The fraction of sp³-hybridized carbons (Fsp3) is 0.381. The van der Waals surface area contributed by atoms with E-state index in [1.165, 1.54) is 16.2 Å². The second-order valence-electron chi connectivity index (χ2n) is 7.69. The number of aromatic nitrogens is 2. The molecule has 1 fully saturated rings. The van der Waals surface area contributed by atoms with Gasteiger partial charge in [-0.15, -0.1) is 11.3 Å². The molecule has 3 heterocycles. The Morgan fingerprint density at radius 1 is 1.28 bits per heavy atom. The number of hydrogen-bond donors (Lipinski definition) is 1. The average Bonchev–Trinajstić information content (AvgIpc) is 3.44. The molecule has 2 aromatic heterocycles. The van der Waals surface area contributed by atoms with E-state index < -0.39 is 24.7 Å². The van der Waals surface area contributed by atoms with Gasteiger partial charge in [0.2, 0.25) is 5.91 Å². The number of benzene rings is 1. The molecule has 0 radical (unpaired) electrons. The molecular formula is C21H20ClF3N4O2S. The largest absolute Gasteiger partial charge is 0.405 e. The summed E-state index contributed by atoms with van der Waals surface area (Å²) < 4.78 is 39.2. The van der Waals surface area contributed by atoms with Gasteiger partial charge in [-0.2, -0.15) is 18.3 Å². The quantitative estimate of drug-likeness (QED) is 0.584. The van der Waals surface area contributed by atoms with E-state index in [9.17, 15) is 22.8 Å². The van der Waals surface area contributed by atoms with Crippen molar-refractivity contribution in [3.8, 4) is 0 Å². The molecule has 3 aromatic rings. The number of carbonyl (C=O) groups is 2. The lowest BCUT2D eigenvalue weighted by molar-refractivity contribution is -0.140. The summed E-state index contributed by atoms with van der Waals surface area (Å²) in [4.78, 5) is 28.0. The molecule has 0 spiro atoms. The van der Waals surface area contributed by atoms with Crippen molar-refractivity contribution < 1.29 is 22.8 Å². The highest BCUT2D eigenvalue weighted by Gasteiger charge is 2.37. The molecule has 170 valence electrons. The fourth-order valence-electron chi connectivity index (χ4n) is 3.82. The van der Waals surface area contributed by atoms with Crippen molar-refractivity contribution in [2.45, 2.75) is 38.5 Å². The second-order valence-corrected chi connectivity index (χ2v) is 9.16. The van der Waals surface area contributed by atoms with Crippen molar-refractivity contribution in [1.29, 1.82) is 0 Å². The molecule has 32 heavy (non-hydrogen) atoms. The number of halogens is 4. The minimum absolute atomic E-state index is 0.326. The summed E-state index contributed by atoms with van der Waals surface area (Å²) in [6.45, 7) is 1.27. The highest BCUT2D eigenvalue weighted by atomic mass is 35.5. The average molecular weight is 485 g/mol. The molecule has 1 unspecified atom stereocenters. The molecule has 1 aliphatic rings. The normalized spacial score (nSPS) is 16.7. The zero-order valence-corrected chi connectivity index (χ0v) is 18.7. The highest BCUT2D eigenvalue weighted by molar-refractivity contribution is 7.20. The number of amides is 2. The molecule has 4 rings (SSSR count). The van der Waals surface area contributed by atoms with Gasteiger partial charge in [0.1, 0.15) is 17.4 Å². The molecule has 0 saturated carbocycles. The number of fused-ring (bicyclic) bond motifs is 1. The number of rotatable bonds is 5. The van der Waals surface area contributed by atoms with E-state index in [0.717, 1.165) is 21.5 Å². The lowest BCUT2D eigenvalue weighted by Gasteiger charge is -2.23. The van der Waals surface area contributed by atoms with Crippen molar-refractivity contribution in [2.24, 2.45) is 0 Å². The first-order valence-corrected chi connectivity index (χ1v) is 11.2. The van der Waals surface area contributed by atoms with Gasteiger partial charge in [-0.25, -0.2) is 0 Å². The van der Waals surface area contributed by atoms with E-state index in [2.05, 4.69) is 5.10 Å². The van der Waals surface area contributed by atoms with Crippen LogP contribution in [-0.4, -0.2) is 51.8 Å². The topological polar surface area (TPSA) is 67.2 Å². The van der Waals surface area contributed by atoms with E-state index in [4.69, 9.17) is 11.6 Å². The fourth-order valence-corrected chi connectivity index (χ4v) is 5.06. The van der Waals surface area contributed by atoms with Gasteiger partial charge in [0, 0.05) is 17.0 Å². The van der Waals surface area contributed by atoms with Crippen LogP contribution in [0, 0.1) is 6.92 Å². The molecule has 2 amide bonds. The van der Waals surface area contributed by atoms with Crippen molar-refractivity contribution in [2.75, 3.05) is 13.1 Å². The number of aryl methyl sites for hydroxylation is 1. The Balaban J connectivity index is 1.54. The number of carbonyl (C=O) groups excluding carboxylic acids is 2. The van der Waals surface area contributed by atoms with Crippen LogP contribution in [0.15, 0.2) is 30.3 Å². The van der Waals surface area contributed by atoms with Gasteiger partial charge in [-0.3, -0.25) is 14.3 Å². The van der Waals surface area contributed by atoms with Gasteiger partial charge in [0.15, 0.2) is 0 Å². The van der Waals surface area contributed by atoms with Crippen LogP contribution in [0.2, 0.25) is 5.02 Å². The van der Waals surface area contributed by atoms with E-state index in [0.29, 0.717) is 35.8 Å². The summed E-state index contributed by atoms with van der Waals surface area (Å²) in [5.74, 6) is -1.13. The molecule has 6 nitrogen and oxygen atoms in total. The number of nitrogens with zero attached hydrogens (tertiary/aromatic N) is 3. The standard InChI is InChI=1S/C21H20ClF3N4O2S/c1-12-15-9-17(32-20(15)29(27-12)10-13-4-6-14(22)7-5-13)19(31)28-8-2-3-16(28)18(30)26-11-21(23,24)25/h4-7,9,16H,2-3,8,10-11H2,1H3,(H,26,30). The zero-order valence-electron chi connectivity index (χ0n) is 17.1. The van der Waals surface area contributed by atoms with Crippen LogP contribution < -0.4 is 5.32 Å². The summed E-state index contributed by atoms with van der Waals surface area (Å²) in [5.41, 5.74) is 1.77. The molecule has 1 saturated heterocycles. The maximum atomic E-state index is 13.1. The Morgan fingerprint density at radius 3 is 2.69 bits per heavy atom. The van der Waals surface area contributed by atoms with Crippen LogP contribution in [-0.2, 0) is 11.3 Å². The molecule has 1 aromatic carbocycles. The van der Waals surface area contributed by atoms with Crippen LogP contribution in [0.5, 0.6) is 0 Å². The third-order valence-corrected chi connectivity index (χ3v) is 6.73. The highest BCUT2D eigenvalue weighted by Crippen LogP contribution is 2.31. The van der Waals surface area contributed by atoms with Gasteiger partial charge in [-0.05, 0) is 43.5 Å². The SMILES string of the molecule is Cc1nn(Cc2ccc(Cl)cc2)c2sc(C(=O)N3CCCC3C(=O)NCC(F)(F)F)cc12. The van der Waals surface area contributed by atoms with Crippen molar-refractivity contribution in [1.82, 2.24) is 20.0 Å². The Hall–Kier alpha value is -2.59. The van der Waals surface area contributed by atoms with E-state index in [1.54, 1.807) is 18.2 Å². The van der Waals surface area contributed by atoms with Gasteiger partial charge in [-0.1, -0.05) is 23.7 Å². The molecular weight excluding hydrogens is 465 g/mol. The Labute approximate surface area is 190 Å². The lowest BCUT2D eigenvalue weighted by atomic mass is 10.2. The minimum Gasteiger partial charge on any atom is -0.345 e. The van der Waals surface area contributed by atoms with Crippen LogP contribution in [0.4, 0.5) is 13.2 Å². The zero-order chi connectivity index (χ0) is 23.0. The lowest BCUT2D eigenvalue weighted by Crippen LogP contribution is -2.47. The van der Waals surface area contributed by atoms with Crippen LogP contribution in [0.25, 0.3) is 10.2 Å². The number of likely N-dealkylation sites (tertiary alicyclic amines) is 1. The maximum absolute atomic E-state index is 13.1. The van der Waals surface area contributed by atoms with E-state index in [1.807, 2.05) is 29.1 Å². The van der Waals surface area contributed by atoms with Gasteiger partial charge in [0.25, 0.3) is 5.91 Å². The predicted molar refractivity (Wildman–Crippen MR) is 116 cm³/mol. The van der Waals surface area contributed by atoms with E-state index in [-0.39, 0.29) is 5.91 Å². The Bertz CT molecular complexity index is 1160. The van der Waals surface area contributed by atoms with Gasteiger partial charge in [0.05, 0.1) is 17.1 Å². The molecule has 1 atom stereocenters. The summed E-state index contributed by atoms with van der Waals surface area (Å²) >= 11 is 7.21. The third-order valence-electron chi connectivity index (χ3n) is 5.34. The number of hydrogen-bond acceptors (Lipinski definition) is 4. The molecule has 0 bridgehead atoms. The summed E-state index contributed by atoms with van der Waals surface area (Å²) in [5, 5.41) is 7.92. The van der Waals surface area contributed by atoms with Gasteiger partial charge < -0.3 is 10.2 Å². The predicted octanol–water partition coefficient (Wildman–Crippen LogP) is 4.39. The summed E-state index contributed by atoms with van der Waals surface area (Å²) in [6, 6.07) is 8.24. The molecule has 1 aliphatic heterocycles. The Morgan fingerprint density at radius 2 is 2.00 bits per heavy atom. The first kappa shape index (κ1) is 22.6. The van der Waals surface area contributed by atoms with Crippen molar-refractivity contribution >= 4 is 45.0 Å². The third kappa shape index (κ3) is 4.75. The van der Waals surface area contributed by atoms with Crippen LogP contribution >= 0.6 is 22.9 Å². The molecule has 1 N–H and O–H groups in total. The second kappa shape index (κ2) is 8.74. The smallest absolute Gasteiger partial charge is 0.345 e. The number of nitrogens with one attached hydrogen (secondary N) is 1. The van der Waals surface area contributed by atoms with Crippen molar-refractivity contribution in [3.05, 3.63) is 51.5 Å². The monoisotopic (exact) mass is 484 g/mol.